The fraction of sp³-hybridized carbons (Fsp3) is 0.320. The van der Waals surface area contributed by atoms with Crippen molar-refractivity contribution in [3.8, 4) is 5.75 Å². The van der Waals surface area contributed by atoms with Crippen LogP contribution in [0, 0.1) is 0 Å². The Hall–Kier alpha value is -3.70. The van der Waals surface area contributed by atoms with Crippen LogP contribution >= 0.6 is 11.8 Å². The Morgan fingerprint density at radius 3 is 2.78 bits per heavy atom. The average Bonchev–Trinajstić information content (AvgIpc) is 3.51. The third-order valence-electron chi connectivity index (χ3n) is 5.40. The van der Waals surface area contributed by atoms with E-state index in [9.17, 15) is 19.2 Å². The van der Waals surface area contributed by atoms with Gasteiger partial charge in [0.2, 0.25) is 0 Å². The van der Waals surface area contributed by atoms with Gasteiger partial charge in [-0.15, -0.1) is 0 Å². The highest BCUT2D eigenvalue weighted by Gasteiger charge is 2.34. The predicted octanol–water partition coefficient (Wildman–Crippen LogP) is 2.65. The van der Waals surface area contributed by atoms with Crippen molar-refractivity contribution in [2.75, 3.05) is 32.9 Å². The summed E-state index contributed by atoms with van der Waals surface area (Å²) in [5.41, 5.74) is 0.990. The number of nitrogens with zero attached hydrogens (tertiary/aromatic N) is 2. The molecular weight excluding hydrogens is 486 g/mol. The van der Waals surface area contributed by atoms with E-state index in [-0.39, 0.29) is 29.7 Å². The van der Waals surface area contributed by atoms with Crippen LogP contribution in [0.25, 0.3) is 6.08 Å². The third kappa shape index (κ3) is 6.92. The van der Waals surface area contributed by atoms with Crippen LogP contribution in [0.2, 0.25) is 0 Å². The van der Waals surface area contributed by atoms with Crippen LogP contribution in [0.5, 0.6) is 5.75 Å². The number of pyridine rings is 1. The molecule has 0 saturated carbocycles. The van der Waals surface area contributed by atoms with E-state index in [0.29, 0.717) is 17.9 Å². The van der Waals surface area contributed by atoms with Crippen LogP contribution in [-0.2, 0) is 19.1 Å². The lowest BCUT2D eigenvalue weighted by molar-refractivity contribution is -0.125. The number of rotatable bonds is 10. The number of hydrogen-bond donors (Lipinski definition) is 1. The highest BCUT2D eigenvalue weighted by atomic mass is 32.2. The fourth-order valence-corrected chi connectivity index (χ4v) is 4.40. The molecule has 11 heteroatoms. The first-order valence-corrected chi connectivity index (χ1v) is 12.2. The lowest BCUT2D eigenvalue weighted by atomic mass is 10.2. The van der Waals surface area contributed by atoms with Gasteiger partial charge in [-0.25, -0.2) is 4.79 Å². The Labute approximate surface area is 212 Å². The smallest absolute Gasteiger partial charge is 0.338 e. The van der Waals surface area contributed by atoms with Crippen LogP contribution in [0.15, 0.2) is 53.7 Å². The molecule has 0 bridgehead atoms. The molecule has 2 fully saturated rings. The summed E-state index contributed by atoms with van der Waals surface area (Å²) in [6, 6.07) is 9.94. The maximum absolute atomic E-state index is 12.5. The summed E-state index contributed by atoms with van der Waals surface area (Å²) in [6.45, 7) is 0.761. The molecule has 1 aromatic heterocycles. The van der Waals surface area contributed by atoms with Gasteiger partial charge in [0, 0.05) is 32.1 Å². The molecule has 1 N–H and O–H groups in total. The second kappa shape index (κ2) is 12.3. The van der Waals surface area contributed by atoms with Crippen LogP contribution in [0.3, 0.4) is 0 Å². The number of carbonyl (C=O) groups excluding carboxylic acids is 4. The molecule has 2 aliphatic heterocycles. The minimum absolute atomic E-state index is 0.00208. The van der Waals surface area contributed by atoms with Crippen molar-refractivity contribution < 1.29 is 33.4 Å². The van der Waals surface area contributed by atoms with Crippen molar-refractivity contribution in [2.24, 2.45) is 0 Å². The molecule has 36 heavy (non-hydrogen) atoms. The number of carbonyl (C=O) groups is 4. The number of hydrogen-bond acceptors (Lipinski definition) is 9. The minimum atomic E-state index is -0.651. The summed E-state index contributed by atoms with van der Waals surface area (Å²) in [6.07, 6.45) is 6.90. The van der Waals surface area contributed by atoms with E-state index in [4.69, 9.17) is 14.2 Å². The summed E-state index contributed by atoms with van der Waals surface area (Å²) >= 11 is 0.831. The topological polar surface area (TPSA) is 124 Å². The molecule has 1 unspecified atom stereocenters. The van der Waals surface area contributed by atoms with Gasteiger partial charge in [-0.05, 0) is 66.6 Å². The van der Waals surface area contributed by atoms with Crippen molar-refractivity contribution >= 4 is 40.9 Å². The van der Waals surface area contributed by atoms with E-state index in [1.807, 2.05) is 0 Å². The van der Waals surface area contributed by atoms with Crippen molar-refractivity contribution in [1.82, 2.24) is 15.2 Å². The highest BCUT2D eigenvalue weighted by molar-refractivity contribution is 8.18. The Kier molecular flexibility index (Phi) is 8.69. The molecular formula is C25H25N3O7S. The molecule has 2 aromatic rings. The number of ether oxygens (including phenoxy) is 3. The van der Waals surface area contributed by atoms with Crippen LogP contribution in [0.4, 0.5) is 4.79 Å². The lowest BCUT2D eigenvalue weighted by Gasteiger charge is -2.13. The first-order chi connectivity index (χ1) is 17.5. The zero-order chi connectivity index (χ0) is 25.3. The quantitative estimate of drug-likeness (QED) is 0.379. The fourth-order valence-electron chi connectivity index (χ4n) is 3.53. The third-order valence-corrected chi connectivity index (χ3v) is 6.30. The van der Waals surface area contributed by atoms with Gasteiger partial charge < -0.3 is 19.5 Å². The van der Waals surface area contributed by atoms with E-state index in [1.165, 1.54) is 0 Å². The minimum Gasteiger partial charge on any atom is -0.491 e. The number of nitrogens with one attached hydrogen (secondary N) is 1. The number of benzene rings is 1. The van der Waals surface area contributed by atoms with Crippen molar-refractivity contribution in [1.29, 1.82) is 0 Å². The molecule has 1 aromatic carbocycles. The number of aromatic nitrogens is 1. The molecule has 188 valence electrons. The van der Waals surface area contributed by atoms with Crippen LogP contribution < -0.4 is 10.1 Å². The lowest BCUT2D eigenvalue weighted by Crippen LogP contribution is -2.38. The summed E-state index contributed by atoms with van der Waals surface area (Å²) in [5.74, 6) is -1.01. The molecule has 2 saturated heterocycles. The van der Waals surface area contributed by atoms with Gasteiger partial charge in [-0.3, -0.25) is 24.3 Å². The van der Waals surface area contributed by atoms with Crippen LogP contribution in [-0.4, -0.2) is 71.9 Å². The number of amides is 3. The first-order valence-electron chi connectivity index (χ1n) is 11.4. The maximum Gasteiger partial charge on any atom is 0.338 e. The van der Waals surface area contributed by atoms with Gasteiger partial charge in [0.15, 0.2) is 6.61 Å². The molecule has 3 heterocycles. The van der Waals surface area contributed by atoms with E-state index in [1.54, 1.807) is 54.9 Å². The normalized spacial score (nSPS) is 18.5. The largest absolute Gasteiger partial charge is 0.491 e. The summed E-state index contributed by atoms with van der Waals surface area (Å²) in [4.78, 5) is 54.3. The van der Waals surface area contributed by atoms with Gasteiger partial charge in [0.05, 0.1) is 16.6 Å². The zero-order valence-electron chi connectivity index (χ0n) is 19.4. The second-order valence-electron chi connectivity index (χ2n) is 8.02. The summed E-state index contributed by atoms with van der Waals surface area (Å²) < 4.78 is 16.2. The van der Waals surface area contributed by atoms with E-state index >= 15 is 0 Å². The molecule has 4 rings (SSSR count). The van der Waals surface area contributed by atoms with E-state index in [0.717, 1.165) is 36.1 Å². The molecule has 0 radical (unpaired) electrons. The van der Waals surface area contributed by atoms with Gasteiger partial charge >= 0.3 is 5.97 Å². The average molecular weight is 512 g/mol. The number of esters is 1. The summed E-state index contributed by atoms with van der Waals surface area (Å²) in [5, 5.41) is 2.12. The molecule has 1 atom stereocenters. The molecule has 3 amide bonds. The van der Waals surface area contributed by atoms with Gasteiger partial charge in [0.25, 0.3) is 17.1 Å². The Balaban J connectivity index is 1.16. The first kappa shape index (κ1) is 25.4. The Morgan fingerprint density at radius 1 is 1.22 bits per heavy atom. The molecule has 0 spiro atoms. The van der Waals surface area contributed by atoms with Crippen LogP contribution in [0.1, 0.15) is 28.8 Å². The monoisotopic (exact) mass is 511 g/mol. The van der Waals surface area contributed by atoms with E-state index < -0.39 is 29.6 Å². The Morgan fingerprint density at radius 2 is 2.06 bits per heavy atom. The number of imide groups is 1. The zero-order valence-corrected chi connectivity index (χ0v) is 20.2. The SMILES string of the molecule is O=C(COC(=O)c1ccc(OCC2CCCO2)cc1)NCCN1C(=O)S/C(=C\c2cccnc2)C1=O. The molecule has 2 aliphatic rings. The van der Waals surface area contributed by atoms with Crippen molar-refractivity contribution in [2.45, 2.75) is 18.9 Å². The van der Waals surface area contributed by atoms with Crippen molar-refractivity contribution in [3.63, 3.8) is 0 Å². The van der Waals surface area contributed by atoms with E-state index in [2.05, 4.69) is 10.3 Å². The molecule has 10 nitrogen and oxygen atoms in total. The van der Waals surface area contributed by atoms with Gasteiger partial charge in [-0.1, -0.05) is 6.07 Å². The van der Waals surface area contributed by atoms with Crippen molar-refractivity contribution in [3.05, 3.63) is 64.8 Å². The highest BCUT2D eigenvalue weighted by Crippen LogP contribution is 2.31. The molecule has 0 aliphatic carbocycles. The van der Waals surface area contributed by atoms with Gasteiger partial charge in [-0.2, -0.15) is 0 Å². The Bertz CT molecular complexity index is 1130. The second-order valence-corrected chi connectivity index (χ2v) is 9.01. The van der Waals surface area contributed by atoms with Gasteiger partial charge in [0.1, 0.15) is 12.4 Å². The number of thioether (sulfide) groups is 1. The standard InChI is InChI=1S/C25H25N3O7S/c29-22(16-35-24(31)18-5-7-19(8-6-18)34-15-20-4-2-12-33-20)27-10-11-28-23(30)21(36-25(28)32)13-17-3-1-9-26-14-17/h1,3,5-9,13-14,20H,2,4,10-12,15-16H2,(H,27,29)/b21-13-. The predicted molar refractivity (Wildman–Crippen MR) is 131 cm³/mol. The maximum atomic E-state index is 12.5. The summed E-state index contributed by atoms with van der Waals surface area (Å²) in [7, 11) is 0.